The molecule has 0 aliphatic rings. The first-order valence-corrected chi connectivity index (χ1v) is 10.3. The van der Waals surface area contributed by atoms with E-state index in [2.05, 4.69) is 58.1 Å². The van der Waals surface area contributed by atoms with Gasteiger partial charge in [0.1, 0.15) is 0 Å². The number of aryl methyl sites for hydroxylation is 3. The van der Waals surface area contributed by atoms with Crippen molar-refractivity contribution in [1.29, 1.82) is 0 Å². The third-order valence-electron chi connectivity index (χ3n) is 4.49. The Kier molecular flexibility index (Phi) is 6.46. The van der Waals surface area contributed by atoms with Crippen LogP contribution >= 0.6 is 11.8 Å². The zero-order valence-electron chi connectivity index (χ0n) is 16.6. The Bertz CT molecular complexity index is 931. The van der Waals surface area contributed by atoms with E-state index in [-0.39, 0.29) is 17.7 Å². The van der Waals surface area contributed by atoms with Crippen molar-refractivity contribution in [3.63, 3.8) is 0 Å². The molecular formula is C21H25N5OS. The first-order valence-electron chi connectivity index (χ1n) is 9.34. The molecular weight excluding hydrogens is 370 g/mol. The number of amides is 1. The molecule has 3 rings (SSSR count). The maximum atomic E-state index is 12.4. The van der Waals surface area contributed by atoms with Crippen LogP contribution in [0.15, 0.2) is 47.6 Å². The third kappa shape index (κ3) is 4.98. The molecule has 0 spiro atoms. The van der Waals surface area contributed by atoms with Gasteiger partial charge in [-0.05, 0) is 72.0 Å². The molecule has 1 atom stereocenters. The van der Waals surface area contributed by atoms with Gasteiger partial charge in [0.2, 0.25) is 11.1 Å². The van der Waals surface area contributed by atoms with Gasteiger partial charge in [-0.1, -0.05) is 49.0 Å². The van der Waals surface area contributed by atoms with Gasteiger partial charge >= 0.3 is 0 Å². The van der Waals surface area contributed by atoms with Crippen LogP contribution in [-0.2, 0) is 11.2 Å². The standard InChI is InChI=1S/C21H25N5OS/c1-5-17-6-8-18(9-7-17)16(4)22-20(27)13-28-21-23-24-25-26(21)19-11-14(2)10-15(3)12-19/h6-12,16H,5,13H2,1-4H3,(H,22,27)/t16-/m1/s1. The van der Waals surface area contributed by atoms with Crippen LogP contribution in [-0.4, -0.2) is 31.9 Å². The minimum Gasteiger partial charge on any atom is -0.349 e. The summed E-state index contributed by atoms with van der Waals surface area (Å²) in [4.78, 5) is 12.4. The number of carbonyl (C=O) groups excluding carboxylic acids is 1. The van der Waals surface area contributed by atoms with Crippen molar-refractivity contribution in [2.45, 2.75) is 45.3 Å². The Morgan fingerprint density at radius 1 is 1.14 bits per heavy atom. The van der Waals surface area contributed by atoms with Gasteiger partial charge in [-0.25, -0.2) is 0 Å². The number of hydrogen-bond acceptors (Lipinski definition) is 5. The molecule has 146 valence electrons. The van der Waals surface area contributed by atoms with Gasteiger partial charge in [-0.15, -0.1) is 5.10 Å². The van der Waals surface area contributed by atoms with Gasteiger partial charge in [0.05, 0.1) is 17.5 Å². The van der Waals surface area contributed by atoms with Gasteiger partial charge in [-0.2, -0.15) is 4.68 Å². The number of nitrogens with zero attached hydrogens (tertiary/aromatic N) is 4. The molecule has 1 amide bonds. The van der Waals surface area contributed by atoms with E-state index in [0.29, 0.717) is 5.16 Å². The minimum absolute atomic E-state index is 0.0468. The van der Waals surface area contributed by atoms with Crippen LogP contribution in [0.2, 0.25) is 0 Å². The summed E-state index contributed by atoms with van der Waals surface area (Å²) in [6.45, 7) is 8.19. The van der Waals surface area contributed by atoms with Crippen LogP contribution in [0.5, 0.6) is 0 Å². The van der Waals surface area contributed by atoms with Crippen LogP contribution < -0.4 is 5.32 Å². The highest BCUT2D eigenvalue weighted by Gasteiger charge is 2.14. The van der Waals surface area contributed by atoms with E-state index < -0.39 is 0 Å². The van der Waals surface area contributed by atoms with Crippen molar-refractivity contribution < 1.29 is 4.79 Å². The average molecular weight is 396 g/mol. The summed E-state index contributed by atoms with van der Waals surface area (Å²) < 4.78 is 1.67. The molecule has 0 saturated heterocycles. The Hall–Kier alpha value is -2.67. The molecule has 0 bridgehead atoms. The van der Waals surface area contributed by atoms with E-state index in [0.717, 1.165) is 28.8 Å². The summed E-state index contributed by atoms with van der Waals surface area (Å²) in [5.74, 6) is 0.203. The molecule has 0 aliphatic carbocycles. The first kappa shape index (κ1) is 20.1. The highest BCUT2D eigenvalue weighted by molar-refractivity contribution is 7.99. The predicted molar refractivity (Wildman–Crippen MR) is 112 cm³/mol. The second-order valence-electron chi connectivity index (χ2n) is 6.89. The number of rotatable bonds is 7. The molecule has 1 aromatic heterocycles. The molecule has 0 radical (unpaired) electrons. The maximum Gasteiger partial charge on any atom is 0.230 e. The lowest BCUT2D eigenvalue weighted by molar-refractivity contribution is -0.119. The van der Waals surface area contributed by atoms with Gasteiger partial charge in [-0.3, -0.25) is 4.79 Å². The molecule has 0 aliphatic heterocycles. The van der Waals surface area contributed by atoms with Gasteiger partial charge in [0.25, 0.3) is 0 Å². The van der Waals surface area contributed by atoms with Crippen molar-refractivity contribution >= 4 is 17.7 Å². The quantitative estimate of drug-likeness (QED) is 0.616. The Morgan fingerprint density at radius 3 is 2.46 bits per heavy atom. The van der Waals surface area contributed by atoms with Crippen LogP contribution in [0.25, 0.3) is 5.69 Å². The molecule has 7 heteroatoms. The maximum absolute atomic E-state index is 12.4. The van der Waals surface area contributed by atoms with Gasteiger partial charge in [0, 0.05) is 0 Å². The van der Waals surface area contributed by atoms with E-state index in [9.17, 15) is 4.79 Å². The summed E-state index contributed by atoms with van der Waals surface area (Å²) in [6.07, 6.45) is 1.01. The Morgan fingerprint density at radius 2 is 1.82 bits per heavy atom. The number of aromatic nitrogens is 4. The summed E-state index contributed by atoms with van der Waals surface area (Å²) in [7, 11) is 0. The van der Waals surface area contributed by atoms with E-state index in [1.807, 2.05) is 32.9 Å². The number of nitrogens with one attached hydrogen (secondary N) is 1. The molecule has 1 heterocycles. The molecule has 2 aromatic carbocycles. The molecule has 6 nitrogen and oxygen atoms in total. The number of hydrogen-bond donors (Lipinski definition) is 1. The third-order valence-corrected chi connectivity index (χ3v) is 5.41. The monoisotopic (exact) mass is 395 g/mol. The predicted octanol–water partition coefficient (Wildman–Crippen LogP) is 3.81. The minimum atomic E-state index is -0.0490. The average Bonchev–Trinajstić information content (AvgIpc) is 3.14. The molecule has 0 unspecified atom stereocenters. The van der Waals surface area contributed by atoms with Crippen LogP contribution in [0.4, 0.5) is 0 Å². The first-order chi connectivity index (χ1) is 13.5. The van der Waals surface area contributed by atoms with E-state index in [4.69, 9.17) is 0 Å². The molecule has 3 aromatic rings. The van der Waals surface area contributed by atoms with Crippen LogP contribution in [0, 0.1) is 13.8 Å². The van der Waals surface area contributed by atoms with Crippen LogP contribution in [0.3, 0.4) is 0 Å². The molecule has 0 fully saturated rings. The fraction of sp³-hybridized carbons (Fsp3) is 0.333. The van der Waals surface area contributed by atoms with Crippen molar-refractivity contribution in [3.8, 4) is 5.69 Å². The largest absolute Gasteiger partial charge is 0.349 e. The lowest BCUT2D eigenvalue weighted by atomic mass is 10.1. The Balaban J connectivity index is 1.61. The summed E-state index contributed by atoms with van der Waals surface area (Å²) >= 11 is 1.33. The normalized spacial score (nSPS) is 12.0. The Labute approximate surface area is 169 Å². The highest BCUT2D eigenvalue weighted by atomic mass is 32.2. The molecule has 28 heavy (non-hydrogen) atoms. The highest BCUT2D eigenvalue weighted by Crippen LogP contribution is 2.20. The van der Waals surface area contributed by atoms with Gasteiger partial charge in [0.15, 0.2) is 0 Å². The smallest absolute Gasteiger partial charge is 0.230 e. The fourth-order valence-electron chi connectivity index (χ4n) is 3.04. The van der Waals surface area contributed by atoms with Crippen molar-refractivity contribution in [1.82, 2.24) is 25.5 Å². The second-order valence-corrected chi connectivity index (χ2v) is 7.83. The van der Waals surface area contributed by atoms with E-state index in [1.54, 1.807) is 4.68 Å². The summed E-state index contributed by atoms with van der Waals surface area (Å²) in [5, 5.41) is 15.5. The zero-order valence-corrected chi connectivity index (χ0v) is 17.5. The van der Waals surface area contributed by atoms with E-state index in [1.165, 1.54) is 17.3 Å². The summed E-state index contributed by atoms with van der Waals surface area (Å²) in [6, 6.07) is 14.4. The summed E-state index contributed by atoms with van der Waals surface area (Å²) in [5.41, 5.74) is 5.56. The van der Waals surface area contributed by atoms with Crippen molar-refractivity contribution in [3.05, 3.63) is 64.7 Å². The number of carbonyl (C=O) groups is 1. The second kappa shape index (κ2) is 9.01. The topological polar surface area (TPSA) is 72.7 Å². The number of tetrazole rings is 1. The van der Waals surface area contributed by atoms with Crippen molar-refractivity contribution in [2.24, 2.45) is 0 Å². The lowest BCUT2D eigenvalue weighted by Gasteiger charge is -2.14. The van der Waals surface area contributed by atoms with Gasteiger partial charge < -0.3 is 5.32 Å². The molecule has 0 saturated carbocycles. The SMILES string of the molecule is CCc1ccc([C@@H](C)NC(=O)CSc2nnnn2-c2cc(C)cc(C)c2)cc1. The number of thioether (sulfide) groups is 1. The van der Waals surface area contributed by atoms with Crippen LogP contribution in [0.1, 0.15) is 42.1 Å². The fourth-order valence-corrected chi connectivity index (χ4v) is 3.74. The lowest BCUT2D eigenvalue weighted by Crippen LogP contribution is -2.28. The van der Waals surface area contributed by atoms with Crippen molar-refractivity contribution in [2.75, 3.05) is 5.75 Å². The zero-order chi connectivity index (χ0) is 20.1. The number of benzene rings is 2. The van der Waals surface area contributed by atoms with E-state index >= 15 is 0 Å². The molecule has 1 N–H and O–H groups in total.